The summed E-state index contributed by atoms with van der Waals surface area (Å²) >= 11 is 0. The van der Waals surface area contributed by atoms with Crippen molar-refractivity contribution in [2.75, 3.05) is 7.11 Å². The Kier molecular flexibility index (Phi) is 2.95. The molecule has 3 aliphatic rings. The van der Waals surface area contributed by atoms with E-state index in [0.29, 0.717) is 0 Å². The van der Waals surface area contributed by atoms with E-state index in [2.05, 4.69) is 0 Å². The number of aliphatic hydroxyl groups excluding tert-OH is 1. The Labute approximate surface area is 107 Å². The van der Waals surface area contributed by atoms with Crippen molar-refractivity contribution < 1.29 is 24.1 Å². The summed E-state index contributed by atoms with van der Waals surface area (Å²) in [5.41, 5.74) is -0.404. The topological polar surface area (TPSA) is 57.2 Å². The average Bonchev–Trinajstić information content (AvgIpc) is 2.84. The largest absolute Gasteiger partial charge is 0.376 e. The molecule has 1 saturated carbocycles. The summed E-state index contributed by atoms with van der Waals surface area (Å²) in [4.78, 5) is 0. The highest BCUT2D eigenvalue weighted by Crippen LogP contribution is 2.48. The Balaban J connectivity index is 1.90. The van der Waals surface area contributed by atoms with Crippen molar-refractivity contribution >= 4 is 0 Å². The first-order valence-electron chi connectivity index (χ1n) is 6.72. The Morgan fingerprint density at radius 3 is 2.28 bits per heavy atom. The number of aliphatic hydroxyl groups is 1. The monoisotopic (exact) mass is 258 g/mol. The molecule has 2 aliphatic heterocycles. The van der Waals surface area contributed by atoms with Crippen LogP contribution >= 0.6 is 0 Å². The maximum atomic E-state index is 10.2. The van der Waals surface area contributed by atoms with Crippen molar-refractivity contribution in [2.45, 2.75) is 75.5 Å². The number of rotatable bonds is 1. The molecule has 1 unspecified atom stereocenters. The molecular formula is C13H22O5. The predicted octanol–water partition coefficient (Wildman–Crippen LogP) is 1.18. The van der Waals surface area contributed by atoms with Gasteiger partial charge in [-0.15, -0.1) is 0 Å². The normalized spacial score (nSPS) is 45.3. The molecule has 2 saturated heterocycles. The minimum atomic E-state index is -0.929. The van der Waals surface area contributed by atoms with Crippen molar-refractivity contribution in [1.82, 2.24) is 0 Å². The van der Waals surface area contributed by atoms with Crippen molar-refractivity contribution in [3.05, 3.63) is 0 Å². The highest BCUT2D eigenvalue weighted by Gasteiger charge is 2.61. The highest BCUT2D eigenvalue weighted by molar-refractivity contribution is 5.06. The molecule has 3 fully saturated rings. The third-order valence-corrected chi connectivity index (χ3v) is 4.32. The lowest BCUT2D eigenvalue weighted by atomic mass is 9.85. The molecule has 0 bridgehead atoms. The minimum absolute atomic E-state index is 0.171. The van der Waals surface area contributed by atoms with Gasteiger partial charge in [-0.05, 0) is 26.7 Å². The van der Waals surface area contributed by atoms with Gasteiger partial charge in [-0.2, -0.15) is 0 Å². The van der Waals surface area contributed by atoms with Crippen LogP contribution < -0.4 is 0 Å². The molecule has 2 heterocycles. The zero-order valence-electron chi connectivity index (χ0n) is 11.2. The molecule has 104 valence electrons. The second-order valence-electron chi connectivity index (χ2n) is 6.00. The molecule has 4 atom stereocenters. The maximum absolute atomic E-state index is 10.2. The van der Waals surface area contributed by atoms with E-state index < -0.39 is 23.8 Å². The summed E-state index contributed by atoms with van der Waals surface area (Å²) in [6.07, 6.45) is 2.22. The Morgan fingerprint density at radius 1 is 1.06 bits per heavy atom. The van der Waals surface area contributed by atoms with Crippen LogP contribution in [0.2, 0.25) is 0 Å². The first-order chi connectivity index (χ1) is 8.47. The molecule has 1 spiro atoms. The van der Waals surface area contributed by atoms with Crippen molar-refractivity contribution in [1.29, 1.82) is 0 Å². The highest BCUT2D eigenvalue weighted by atomic mass is 16.8. The van der Waals surface area contributed by atoms with Crippen molar-refractivity contribution in [3.63, 3.8) is 0 Å². The van der Waals surface area contributed by atoms with Crippen LogP contribution in [0.1, 0.15) is 39.5 Å². The van der Waals surface area contributed by atoms with E-state index in [1.165, 1.54) is 0 Å². The van der Waals surface area contributed by atoms with E-state index in [0.717, 1.165) is 25.7 Å². The van der Waals surface area contributed by atoms with Crippen LogP contribution in [0, 0.1) is 0 Å². The molecule has 5 nitrogen and oxygen atoms in total. The molecule has 0 aromatic carbocycles. The van der Waals surface area contributed by atoms with Gasteiger partial charge in [0.15, 0.2) is 12.1 Å². The van der Waals surface area contributed by atoms with Crippen LogP contribution in [-0.4, -0.2) is 48.2 Å². The van der Waals surface area contributed by atoms with Gasteiger partial charge in [0, 0.05) is 7.11 Å². The third-order valence-electron chi connectivity index (χ3n) is 4.32. The van der Waals surface area contributed by atoms with Crippen LogP contribution in [0.15, 0.2) is 0 Å². The zero-order chi connectivity index (χ0) is 13.0. The Hall–Kier alpha value is -0.200. The van der Waals surface area contributed by atoms with Gasteiger partial charge in [0.05, 0.1) is 0 Å². The molecule has 0 amide bonds. The maximum Gasteiger partial charge on any atom is 0.184 e. The Morgan fingerprint density at radius 2 is 1.67 bits per heavy atom. The van der Waals surface area contributed by atoms with Gasteiger partial charge in [-0.25, -0.2) is 0 Å². The summed E-state index contributed by atoms with van der Waals surface area (Å²) in [6, 6.07) is 0. The average molecular weight is 258 g/mol. The SMILES string of the molecule is CO[C@@H]1[C@H]2OC(C)(C)O[C@H]2C(O)OC12CCCC2. The number of ether oxygens (including phenoxy) is 4. The van der Waals surface area contributed by atoms with Gasteiger partial charge in [0.1, 0.15) is 23.9 Å². The molecule has 1 aliphatic carbocycles. The molecule has 3 rings (SSSR count). The number of methoxy groups -OCH3 is 1. The summed E-state index contributed by atoms with van der Waals surface area (Å²) in [6.45, 7) is 3.71. The van der Waals surface area contributed by atoms with Crippen molar-refractivity contribution in [3.8, 4) is 0 Å². The zero-order valence-corrected chi connectivity index (χ0v) is 11.2. The summed E-state index contributed by atoms with van der Waals surface area (Å²) in [7, 11) is 1.68. The van der Waals surface area contributed by atoms with E-state index in [1.54, 1.807) is 7.11 Å². The molecule has 0 aromatic heterocycles. The fraction of sp³-hybridized carbons (Fsp3) is 1.00. The third kappa shape index (κ3) is 1.80. The van der Waals surface area contributed by atoms with Gasteiger partial charge in [0.25, 0.3) is 0 Å². The quantitative estimate of drug-likeness (QED) is 0.765. The lowest BCUT2D eigenvalue weighted by Gasteiger charge is -2.46. The smallest absolute Gasteiger partial charge is 0.184 e. The van der Waals surface area contributed by atoms with Gasteiger partial charge in [-0.1, -0.05) is 12.8 Å². The van der Waals surface area contributed by atoms with Gasteiger partial charge in [0.2, 0.25) is 0 Å². The summed E-state index contributed by atoms with van der Waals surface area (Å²) in [5, 5.41) is 10.2. The van der Waals surface area contributed by atoms with Crippen molar-refractivity contribution in [2.24, 2.45) is 0 Å². The fourth-order valence-corrected chi connectivity index (χ4v) is 3.67. The Bertz CT molecular complexity index is 323. The lowest BCUT2D eigenvalue weighted by molar-refractivity contribution is -0.301. The van der Waals surface area contributed by atoms with Gasteiger partial charge in [-0.3, -0.25) is 0 Å². The van der Waals surface area contributed by atoms with E-state index in [-0.39, 0.29) is 12.2 Å². The first kappa shape index (κ1) is 12.8. The minimum Gasteiger partial charge on any atom is -0.376 e. The number of fused-ring (bicyclic) bond motifs is 1. The van der Waals surface area contributed by atoms with E-state index in [9.17, 15) is 5.11 Å². The second-order valence-corrected chi connectivity index (χ2v) is 6.00. The molecule has 5 heteroatoms. The van der Waals surface area contributed by atoms with Crippen LogP contribution in [0.5, 0.6) is 0 Å². The molecule has 0 aromatic rings. The van der Waals surface area contributed by atoms with Crippen LogP contribution in [0.25, 0.3) is 0 Å². The number of hydrogen-bond donors (Lipinski definition) is 1. The summed E-state index contributed by atoms with van der Waals surface area (Å²) in [5.74, 6) is -0.694. The fourth-order valence-electron chi connectivity index (χ4n) is 3.67. The number of hydrogen-bond acceptors (Lipinski definition) is 5. The van der Waals surface area contributed by atoms with E-state index >= 15 is 0 Å². The second kappa shape index (κ2) is 4.15. The van der Waals surface area contributed by atoms with Gasteiger partial charge >= 0.3 is 0 Å². The summed E-state index contributed by atoms with van der Waals surface area (Å²) < 4.78 is 23.2. The molecular weight excluding hydrogens is 236 g/mol. The first-order valence-corrected chi connectivity index (χ1v) is 6.72. The molecule has 0 radical (unpaired) electrons. The van der Waals surface area contributed by atoms with Gasteiger partial charge < -0.3 is 24.1 Å². The molecule has 1 N–H and O–H groups in total. The molecule has 18 heavy (non-hydrogen) atoms. The van der Waals surface area contributed by atoms with E-state index in [1.807, 2.05) is 13.8 Å². The predicted molar refractivity (Wildman–Crippen MR) is 62.9 cm³/mol. The van der Waals surface area contributed by atoms with E-state index in [4.69, 9.17) is 18.9 Å². The lowest BCUT2D eigenvalue weighted by Crippen LogP contribution is -2.62. The standard InChI is InChI=1S/C13H22O5/c1-12(2)16-8-9(17-12)11(14)18-13(10(8)15-3)6-4-5-7-13/h8-11,14H,4-7H2,1-3H3/t8-,9+,10+,11?/m0/s1. The van der Waals surface area contributed by atoms with Crippen LogP contribution in [0.3, 0.4) is 0 Å². The van der Waals surface area contributed by atoms with Crippen LogP contribution in [0.4, 0.5) is 0 Å². The van der Waals surface area contributed by atoms with Crippen LogP contribution in [-0.2, 0) is 18.9 Å².